The Morgan fingerprint density at radius 3 is 2.26 bits per heavy atom. The number of esters is 2. The Kier molecular flexibility index (Phi) is 8.18. The first kappa shape index (κ1) is 25.9. The van der Waals surface area contributed by atoms with E-state index in [4.69, 9.17) is 16.3 Å². The average Bonchev–Trinajstić information content (AvgIpc) is 2.79. The van der Waals surface area contributed by atoms with Gasteiger partial charge in [-0.2, -0.15) is 17.5 Å². The predicted octanol–water partition coefficient (Wildman–Crippen LogP) is 2.86. The van der Waals surface area contributed by atoms with Gasteiger partial charge in [0, 0.05) is 43.3 Å². The van der Waals surface area contributed by atoms with Crippen LogP contribution in [0.1, 0.15) is 5.56 Å². The average molecular weight is 521 g/mol. The number of sulfonamides is 1. The second-order valence-corrected chi connectivity index (χ2v) is 9.67. The monoisotopic (exact) mass is 520 g/mol. The van der Waals surface area contributed by atoms with Gasteiger partial charge < -0.3 is 9.47 Å². The molecule has 0 unspecified atom stereocenters. The number of carbonyl (C=O) groups excluding carboxylic acids is 2. The van der Waals surface area contributed by atoms with Gasteiger partial charge in [0.1, 0.15) is 5.75 Å². The minimum atomic E-state index is -5.29. The summed E-state index contributed by atoms with van der Waals surface area (Å²) in [6.07, 6.45) is -5.29. The SMILES string of the molecule is O=C(COc1ccc(Cl)cc1CN1CCN(S(=O)(=O)c2ccccc2)CC1)OC(=O)C(F)(F)F. The van der Waals surface area contributed by atoms with E-state index in [-0.39, 0.29) is 30.3 Å². The largest absolute Gasteiger partial charge is 0.491 e. The molecule has 0 aromatic heterocycles. The molecule has 1 saturated heterocycles. The molecule has 0 amide bonds. The topological polar surface area (TPSA) is 93.2 Å². The van der Waals surface area contributed by atoms with Gasteiger partial charge in [-0.05, 0) is 30.3 Å². The van der Waals surface area contributed by atoms with Crippen LogP contribution in [0.4, 0.5) is 13.2 Å². The third-order valence-corrected chi connectivity index (χ3v) is 7.06. The molecule has 0 bridgehead atoms. The molecule has 0 aliphatic carbocycles. The van der Waals surface area contributed by atoms with Crippen LogP contribution in [0, 0.1) is 0 Å². The Balaban J connectivity index is 1.60. The van der Waals surface area contributed by atoms with E-state index in [1.54, 1.807) is 24.3 Å². The number of ether oxygens (including phenoxy) is 2. The van der Waals surface area contributed by atoms with Crippen molar-refractivity contribution in [1.82, 2.24) is 9.21 Å². The lowest BCUT2D eigenvalue weighted by Crippen LogP contribution is -2.48. The second-order valence-electron chi connectivity index (χ2n) is 7.29. The summed E-state index contributed by atoms with van der Waals surface area (Å²) >= 11 is 6.04. The molecule has 1 fully saturated rings. The summed E-state index contributed by atoms with van der Waals surface area (Å²) in [5, 5.41) is 0.363. The van der Waals surface area contributed by atoms with Crippen LogP contribution in [0.3, 0.4) is 0 Å². The van der Waals surface area contributed by atoms with Gasteiger partial charge in [0.05, 0.1) is 4.90 Å². The van der Waals surface area contributed by atoms with Crippen LogP contribution >= 0.6 is 11.6 Å². The summed E-state index contributed by atoms with van der Waals surface area (Å²) in [6, 6.07) is 12.6. The lowest BCUT2D eigenvalue weighted by molar-refractivity contribution is -0.202. The molecule has 0 saturated carbocycles. The highest BCUT2D eigenvalue weighted by Crippen LogP contribution is 2.26. The number of halogens is 4. The maximum absolute atomic E-state index is 12.8. The standard InChI is InChI=1S/C21H20ClF3N2O6S/c22-16-6-7-18(32-14-19(28)33-20(29)21(23,24)25)15(12-16)13-26-8-10-27(11-9-26)34(30,31)17-4-2-1-3-5-17/h1-7,12H,8-11,13-14H2. The van der Waals surface area contributed by atoms with Crippen molar-refractivity contribution in [3.8, 4) is 5.75 Å². The number of nitrogens with zero attached hydrogens (tertiary/aromatic N) is 2. The molecule has 0 N–H and O–H groups in total. The minimum absolute atomic E-state index is 0.167. The van der Waals surface area contributed by atoms with E-state index < -0.39 is 34.7 Å². The zero-order valence-corrected chi connectivity index (χ0v) is 19.2. The molecule has 0 atom stereocenters. The molecule has 2 aromatic carbocycles. The molecule has 3 rings (SSSR count). The molecule has 0 radical (unpaired) electrons. The molecule has 2 aromatic rings. The Labute approximate surface area is 198 Å². The Morgan fingerprint density at radius 2 is 1.65 bits per heavy atom. The number of hydrogen-bond acceptors (Lipinski definition) is 7. The second kappa shape index (κ2) is 10.7. The quantitative estimate of drug-likeness (QED) is 0.409. The molecule has 184 valence electrons. The van der Waals surface area contributed by atoms with Crippen LogP contribution in [-0.2, 0) is 30.9 Å². The highest BCUT2D eigenvalue weighted by molar-refractivity contribution is 7.89. The Hall–Kier alpha value is -2.67. The van der Waals surface area contributed by atoms with Crippen LogP contribution in [0.15, 0.2) is 53.4 Å². The first-order valence-electron chi connectivity index (χ1n) is 9.97. The molecule has 1 aliphatic rings. The van der Waals surface area contributed by atoms with Crippen LogP contribution in [-0.4, -0.2) is 68.5 Å². The van der Waals surface area contributed by atoms with Gasteiger partial charge in [-0.25, -0.2) is 18.0 Å². The third-order valence-electron chi connectivity index (χ3n) is 4.91. The summed E-state index contributed by atoms with van der Waals surface area (Å²) in [5.74, 6) is -3.95. The smallest absolute Gasteiger partial charge is 0.482 e. The summed E-state index contributed by atoms with van der Waals surface area (Å²) in [5.41, 5.74) is 0.529. The number of benzene rings is 2. The van der Waals surface area contributed by atoms with Gasteiger partial charge in [-0.15, -0.1) is 0 Å². The summed E-state index contributed by atoms with van der Waals surface area (Å²) in [4.78, 5) is 24.4. The van der Waals surface area contributed by atoms with E-state index >= 15 is 0 Å². The molecular formula is C21H20ClF3N2O6S. The molecule has 13 heteroatoms. The van der Waals surface area contributed by atoms with Gasteiger partial charge in [0.2, 0.25) is 10.0 Å². The normalized spacial score (nSPS) is 15.6. The first-order chi connectivity index (χ1) is 16.0. The van der Waals surface area contributed by atoms with Crippen molar-refractivity contribution < 1.29 is 40.7 Å². The molecule has 8 nitrogen and oxygen atoms in total. The number of rotatable bonds is 7. The lowest BCUT2D eigenvalue weighted by atomic mass is 10.1. The zero-order valence-electron chi connectivity index (χ0n) is 17.6. The van der Waals surface area contributed by atoms with Crippen LogP contribution < -0.4 is 4.74 Å². The van der Waals surface area contributed by atoms with Crippen molar-refractivity contribution in [2.75, 3.05) is 32.8 Å². The molecule has 1 aliphatic heterocycles. The molecule has 1 heterocycles. The van der Waals surface area contributed by atoms with Crippen LogP contribution in [0.25, 0.3) is 0 Å². The van der Waals surface area contributed by atoms with E-state index in [2.05, 4.69) is 4.74 Å². The highest BCUT2D eigenvalue weighted by atomic mass is 35.5. The summed E-state index contributed by atoms with van der Waals surface area (Å²) in [7, 11) is -3.61. The highest BCUT2D eigenvalue weighted by Gasteiger charge is 2.42. The van der Waals surface area contributed by atoms with Gasteiger partial charge >= 0.3 is 18.1 Å². The first-order valence-corrected chi connectivity index (χ1v) is 11.8. The van der Waals surface area contributed by atoms with Crippen molar-refractivity contribution in [2.24, 2.45) is 0 Å². The van der Waals surface area contributed by atoms with Crippen LogP contribution in [0.5, 0.6) is 5.75 Å². The van der Waals surface area contributed by atoms with Crippen molar-refractivity contribution in [3.63, 3.8) is 0 Å². The molecular weight excluding hydrogens is 501 g/mol. The van der Waals surface area contributed by atoms with E-state index in [1.165, 1.54) is 28.6 Å². The van der Waals surface area contributed by atoms with Gasteiger partial charge in [0.15, 0.2) is 6.61 Å². The van der Waals surface area contributed by atoms with Gasteiger partial charge in [0.25, 0.3) is 0 Å². The summed E-state index contributed by atoms with van der Waals surface area (Å²) in [6.45, 7) is 0.672. The van der Waals surface area contributed by atoms with E-state index in [1.807, 2.05) is 4.90 Å². The zero-order chi connectivity index (χ0) is 24.9. The van der Waals surface area contributed by atoms with E-state index in [9.17, 15) is 31.2 Å². The van der Waals surface area contributed by atoms with Crippen molar-refractivity contribution >= 4 is 33.6 Å². The summed E-state index contributed by atoms with van der Waals surface area (Å²) < 4.78 is 72.5. The Morgan fingerprint density at radius 1 is 1.00 bits per heavy atom. The fraction of sp³-hybridized carbons (Fsp3) is 0.333. The molecule has 0 spiro atoms. The van der Waals surface area contributed by atoms with Crippen LogP contribution in [0.2, 0.25) is 5.02 Å². The fourth-order valence-corrected chi connectivity index (χ4v) is 4.89. The predicted molar refractivity (Wildman–Crippen MR) is 115 cm³/mol. The minimum Gasteiger partial charge on any atom is -0.482 e. The number of hydrogen-bond donors (Lipinski definition) is 0. The van der Waals surface area contributed by atoms with E-state index in [0.717, 1.165) is 0 Å². The third kappa shape index (κ3) is 6.69. The van der Waals surface area contributed by atoms with Gasteiger partial charge in [-0.1, -0.05) is 29.8 Å². The number of piperazine rings is 1. The number of alkyl halides is 3. The maximum Gasteiger partial charge on any atom is 0.491 e. The van der Waals surface area contributed by atoms with E-state index in [0.29, 0.717) is 23.7 Å². The Bertz CT molecular complexity index is 1140. The van der Waals surface area contributed by atoms with Crippen molar-refractivity contribution in [3.05, 3.63) is 59.1 Å². The van der Waals surface area contributed by atoms with Crippen molar-refractivity contribution in [2.45, 2.75) is 17.6 Å². The van der Waals surface area contributed by atoms with Crippen molar-refractivity contribution in [1.29, 1.82) is 0 Å². The number of carbonyl (C=O) groups is 2. The molecule has 34 heavy (non-hydrogen) atoms. The fourth-order valence-electron chi connectivity index (χ4n) is 3.25. The van der Waals surface area contributed by atoms with Gasteiger partial charge in [-0.3, -0.25) is 4.90 Å². The maximum atomic E-state index is 12.8. The lowest BCUT2D eigenvalue weighted by Gasteiger charge is -2.34.